The lowest BCUT2D eigenvalue weighted by Crippen LogP contribution is -2.62. The van der Waals surface area contributed by atoms with Crippen LogP contribution in [-0.2, 0) is 51.2 Å². The second-order valence-electron chi connectivity index (χ2n) is 17.5. The zero-order chi connectivity index (χ0) is 50.6. The fourth-order valence-electron chi connectivity index (χ4n) is 8.12. The monoisotopic (exact) mass is 1010 g/mol. The number of hydrogen-bond acceptors (Lipinski definition) is 14. The fraction of sp³-hybridized carbons (Fsp3) is 0.532. The highest BCUT2D eigenvalue weighted by Crippen LogP contribution is 2.24. The SMILES string of the molecule is C[C@@H](O)[C@@H]1NC(=O)[C@H](CCCCN)NC(=O)C(Cc2c[nH]c3ccccc23)NC(=O)[C@H](Cc2ccccc2)NC(=O)C(NC(=O)[C@@H]2CCCN2)CSSCC(C(=O)N[C@@H](CCCCN)C(N)=O)NC1=O. The van der Waals surface area contributed by atoms with E-state index < -0.39 is 102 Å². The third kappa shape index (κ3) is 16.7. The van der Waals surface area contributed by atoms with Gasteiger partial charge in [0.1, 0.15) is 42.3 Å². The topological polar surface area (TPSA) is 347 Å². The molecule has 3 unspecified atom stereocenters. The Hall–Kier alpha value is -5.72. The maximum absolute atomic E-state index is 14.7. The molecule has 70 heavy (non-hydrogen) atoms. The molecule has 2 fully saturated rings. The smallest absolute Gasteiger partial charge is 0.245 e. The number of unbranched alkanes of at least 4 members (excludes halogenated alkanes) is 2. The number of benzene rings is 2. The molecule has 21 nitrogen and oxygen atoms in total. The van der Waals surface area contributed by atoms with Gasteiger partial charge in [-0.3, -0.25) is 38.4 Å². The van der Waals surface area contributed by atoms with E-state index in [1.165, 1.54) is 6.92 Å². The number of para-hydroxylation sites is 1. The van der Waals surface area contributed by atoms with Gasteiger partial charge >= 0.3 is 0 Å². The molecule has 382 valence electrons. The molecule has 23 heteroatoms. The van der Waals surface area contributed by atoms with Crippen LogP contribution in [-0.4, -0.2) is 143 Å². The molecule has 2 aliphatic heterocycles. The number of nitrogens with one attached hydrogen (secondary N) is 9. The molecule has 2 aliphatic rings. The summed E-state index contributed by atoms with van der Waals surface area (Å²) in [6.45, 7) is 2.50. The Morgan fingerprint density at radius 2 is 1.37 bits per heavy atom. The van der Waals surface area contributed by atoms with Gasteiger partial charge in [-0.1, -0.05) is 70.1 Å². The molecule has 9 atom stereocenters. The van der Waals surface area contributed by atoms with E-state index in [1.807, 2.05) is 24.3 Å². The van der Waals surface area contributed by atoms with Crippen molar-refractivity contribution in [1.82, 2.24) is 47.5 Å². The van der Waals surface area contributed by atoms with Crippen LogP contribution in [0.2, 0.25) is 0 Å². The van der Waals surface area contributed by atoms with Gasteiger partial charge in [0.05, 0.1) is 12.1 Å². The van der Waals surface area contributed by atoms with Crippen LogP contribution < -0.4 is 59.7 Å². The van der Waals surface area contributed by atoms with Crippen molar-refractivity contribution in [2.24, 2.45) is 17.2 Å². The number of aliphatic hydroxyl groups is 1. The first kappa shape index (κ1) is 55.2. The predicted molar refractivity (Wildman–Crippen MR) is 268 cm³/mol. The maximum Gasteiger partial charge on any atom is 0.245 e. The van der Waals surface area contributed by atoms with Crippen molar-refractivity contribution in [1.29, 1.82) is 0 Å². The molecule has 16 N–H and O–H groups in total. The Morgan fingerprint density at radius 3 is 2.06 bits per heavy atom. The molecule has 5 rings (SSSR count). The molecule has 0 radical (unpaired) electrons. The number of aromatic amines is 1. The molecular weight excluding hydrogens is 941 g/mol. The largest absolute Gasteiger partial charge is 0.391 e. The summed E-state index contributed by atoms with van der Waals surface area (Å²) in [4.78, 5) is 115. The second kappa shape index (κ2) is 28.2. The van der Waals surface area contributed by atoms with E-state index >= 15 is 0 Å². The van der Waals surface area contributed by atoms with Gasteiger partial charge in [0.15, 0.2) is 0 Å². The van der Waals surface area contributed by atoms with Gasteiger partial charge in [-0.05, 0) is 95.1 Å². The Labute approximate surface area is 415 Å². The van der Waals surface area contributed by atoms with Crippen molar-refractivity contribution in [3.05, 3.63) is 71.9 Å². The van der Waals surface area contributed by atoms with E-state index in [9.17, 15) is 43.5 Å². The first-order valence-corrected chi connectivity index (χ1v) is 26.2. The van der Waals surface area contributed by atoms with E-state index in [-0.39, 0.29) is 43.7 Å². The minimum Gasteiger partial charge on any atom is -0.391 e. The van der Waals surface area contributed by atoms with Crippen molar-refractivity contribution in [3.63, 3.8) is 0 Å². The normalized spacial score (nSPS) is 24.2. The molecule has 2 saturated heterocycles. The van der Waals surface area contributed by atoms with Gasteiger partial charge < -0.3 is 69.8 Å². The lowest BCUT2D eigenvalue weighted by Gasteiger charge is -2.29. The molecule has 0 spiro atoms. The summed E-state index contributed by atoms with van der Waals surface area (Å²) < 4.78 is 0. The Bertz CT molecular complexity index is 2250. The average molecular weight is 1010 g/mol. The van der Waals surface area contributed by atoms with Crippen molar-refractivity contribution < 1.29 is 43.5 Å². The molecule has 2 aromatic carbocycles. The summed E-state index contributed by atoms with van der Waals surface area (Å²) in [5, 5.41) is 33.9. The summed E-state index contributed by atoms with van der Waals surface area (Å²) in [7, 11) is 2.15. The number of nitrogens with two attached hydrogens (primary N) is 3. The molecule has 0 bridgehead atoms. The van der Waals surface area contributed by atoms with Crippen molar-refractivity contribution in [3.8, 4) is 0 Å². The van der Waals surface area contributed by atoms with Crippen molar-refractivity contribution in [2.45, 2.75) is 126 Å². The van der Waals surface area contributed by atoms with Gasteiger partial charge in [0, 0.05) is 41.4 Å². The molecule has 8 amide bonds. The van der Waals surface area contributed by atoms with Crippen LogP contribution in [0, 0.1) is 0 Å². The molecule has 0 aliphatic carbocycles. The number of hydrogen-bond donors (Lipinski definition) is 13. The molecule has 3 aromatic rings. The molecular formula is C47H68N12O9S2. The quantitative estimate of drug-likeness (QED) is 0.0516. The number of carbonyl (C=O) groups is 8. The van der Waals surface area contributed by atoms with Gasteiger partial charge in [0.2, 0.25) is 47.3 Å². The zero-order valence-corrected chi connectivity index (χ0v) is 41.0. The van der Waals surface area contributed by atoms with E-state index in [0.717, 1.165) is 38.9 Å². The fourth-order valence-corrected chi connectivity index (χ4v) is 10.4. The van der Waals surface area contributed by atoms with Gasteiger partial charge in [-0.15, -0.1) is 0 Å². The Kier molecular flexibility index (Phi) is 22.2. The molecule has 0 saturated carbocycles. The number of aliphatic hydroxyl groups excluding tert-OH is 1. The van der Waals surface area contributed by atoms with Crippen molar-refractivity contribution in [2.75, 3.05) is 31.1 Å². The van der Waals surface area contributed by atoms with Gasteiger partial charge in [0.25, 0.3) is 0 Å². The molecule has 3 heterocycles. The van der Waals surface area contributed by atoms with Crippen LogP contribution in [0.4, 0.5) is 0 Å². The zero-order valence-electron chi connectivity index (χ0n) is 39.3. The number of carbonyl (C=O) groups excluding carboxylic acids is 8. The highest BCUT2D eigenvalue weighted by Gasteiger charge is 2.37. The van der Waals surface area contributed by atoms with Gasteiger partial charge in [-0.25, -0.2) is 0 Å². The maximum atomic E-state index is 14.7. The molecule has 1 aromatic heterocycles. The third-order valence-electron chi connectivity index (χ3n) is 12.1. The number of aromatic nitrogens is 1. The van der Waals surface area contributed by atoms with E-state index in [4.69, 9.17) is 17.2 Å². The predicted octanol–water partition coefficient (Wildman–Crippen LogP) is -1.38. The number of rotatable bonds is 18. The highest BCUT2D eigenvalue weighted by molar-refractivity contribution is 8.76. The minimum absolute atomic E-state index is 0.00750. The lowest BCUT2D eigenvalue weighted by atomic mass is 10.0. The number of fused-ring (bicyclic) bond motifs is 1. The minimum atomic E-state index is -1.65. The summed E-state index contributed by atoms with van der Waals surface area (Å²) in [6, 6.07) is 6.47. The average Bonchev–Trinajstić information content (AvgIpc) is 4.04. The number of H-pyrrole nitrogens is 1. The van der Waals surface area contributed by atoms with Crippen LogP contribution in [0.25, 0.3) is 10.9 Å². The van der Waals surface area contributed by atoms with Crippen LogP contribution >= 0.6 is 21.6 Å². The lowest BCUT2D eigenvalue weighted by molar-refractivity contribution is -0.136. The van der Waals surface area contributed by atoms with E-state index in [1.54, 1.807) is 36.5 Å². The number of primary amides is 1. The summed E-state index contributed by atoms with van der Waals surface area (Å²) in [5.41, 5.74) is 19.2. The Balaban J connectivity index is 1.55. The third-order valence-corrected chi connectivity index (χ3v) is 14.5. The summed E-state index contributed by atoms with van der Waals surface area (Å²) >= 11 is 0. The van der Waals surface area contributed by atoms with Crippen molar-refractivity contribution >= 4 is 79.7 Å². The summed E-state index contributed by atoms with van der Waals surface area (Å²) in [6.07, 6.45) is 3.49. The van der Waals surface area contributed by atoms with Crippen LogP contribution in [0.15, 0.2) is 60.8 Å². The van der Waals surface area contributed by atoms with Crippen LogP contribution in [0.1, 0.15) is 69.4 Å². The van der Waals surface area contributed by atoms with E-state index in [2.05, 4.69) is 47.5 Å². The van der Waals surface area contributed by atoms with Gasteiger partial charge in [-0.2, -0.15) is 0 Å². The summed E-state index contributed by atoms with van der Waals surface area (Å²) in [5.74, 6) is -6.29. The first-order chi connectivity index (χ1) is 33.7. The standard InChI is InChI=1S/C47H68N12O9S2/c1-27(60)39-47(68)58-38(45(66)53-32(40(50)61)16-7-9-19-48)26-70-69-25-37(57-41(62)33-18-11-21-51-33)46(67)55-35(22-28-12-3-2-4-13-28)43(64)56-36(23-29-24-52-31-15-6-5-14-30(29)31)44(65)54-34(42(63)59-39)17-8-10-20-49/h2-6,12-15,24,27,32-39,51-52,60H,7-11,16-23,25-26,48-49H2,1H3,(H2,50,61)(H,53,66)(H,54,65)(H,55,67)(H,56,64)(H,57,62)(H,58,68)(H,59,63)/t27-,32+,33+,34+,35+,36?,37?,38?,39+/m1/s1. The first-order valence-electron chi connectivity index (χ1n) is 23.8. The number of amides is 8. The highest BCUT2D eigenvalue weighted by atomic mass is 33.1. The van der Waals surface area contributed by atoms with Crippen LogP contribution in [0.3, 0.4) is 0 Å². The van der Waals surface area contributed by atoms with Crippen LogP contribution in [0.5, 0.6) is 0 Å². The van der Waals surface area contributed by atoms with E-state index in [0.29, 0.717) is 56.3 Å². The second-order valence-corrected chi connectivity index (χ2v) is 20.1. The Morgan fingerprint density at radius 1 is 0.729 bits per heavy atom.